The van der Waals surface area contributed by atoms with Gasteiger partial charge in [-0.05, 0) is 11.4 Å². The van der Waals surface area contributed by atoms with Crippen molar-refractivity contribution in [1.29, 1.82) is 5.26 Å². The smallest absolute Gasteiger partial charge is 0.312 e. The zero-order valence-corrected chi connectivity index (χ0v) is 15.1. The minimum absolute atomic E-state index is 0.000931. The van der Waals surface area contributed by atoms with Crippen molar-refractivity contribution >= 4 is 39.6 Å². The number of hydrogen-bond acceptors (Lipinski definition) is 7. The number of hydrogen-bond donors (Lipinski definition) is 1. The lowest BCUT2D eigenvalue weighted by atomic mass is 10.2. The molecule has 0 bridgehead atoms. The van der Waals surface area contributed by atoms with Crippen molar-refractivity contribution in [2.45, 2.75) is 6.42 Å². The van der Waals surface area contributed by atoms with Gasteiger partial charge in [-0.25, -0.2) is 4.98 Å². The topological polar surface area (TPSA) is 92.1 Å². The van der Waals surface area contributed by atoms with Gasteiger partial charge < -0.3 is 10.1 Å². The number of amides is 1. The summed E-state index contributed by atoms with van der Waals surface area (Å²) < 4.78 is 4.98. The summed E-state index contributed by atoms with van der Waals surface area (Å²) in [5.41, 5.74) is 1.97. The second kappa shape index (κ2) is 8.38. The Labute approximate surface area is 157 Å². The Morgan fingerprint density at radius 2 is 2.00 bits per heavy atom. The third-order valence-electron chi connectivity index (χ3n) is 3.30. The number of thiophene rings is 1. The van der Waals surface area contributed by atoms with Gasteiger partial charge in [0.1, 0.15) is 16.1 Å². The maximum atomic E-state index is 11.9. The fourth-order valence-corrected chi connectivity index (χ4v) is 3.68. The zero-order chi connectivity index (χ0) is 18.4. The van der Waals surface area contributed by atoms with Crippen LogP contribution in [0.15, 0.2) is 47.2 Å². The number of ether oxygens (including phenoxy) is 1. The predicted octanol–water partition coefficient (Wildman–Crippen LogP) is 3.47. The summed E-state index contributed by atoms with van der Waals surface area (Å²) >= 11 is 2.68. The molecule has 0 aliphatic heterocycles. The van der Waals surface area contributed by atoms with Gasteiger partial charge in [-0.2, -0.15) is 5.26 Å². The Balaban J connectivity index is 1.49. The van der Waals surface area contributed by atoms with E-state index in [2.05, 4.69) is 10.3 Å². The van der Waals surface area contributed by atoms with Crippen molar-refractivity contribution in [3.8, 4) is 16.6 Å². The molecule has 0 saturated carbocycles. The predicted molar refractivity (Wildman–Crippen MR) is 99.9 cm³/mol. The Kier molecular flexibility index (Phi) is 5.73. The van der Waals surface area contributed by atoms with Crippen molar-refractivity contribution in [2.75, 3.05) is 11.9 Å². The third kappa shape index (κ3) is 4.53. The molecule has 0 aliphatic carbocycles. The number of nitriles is 1. The molecule has 0 saturated heterocycles. The Morgan fingerprint density at radius 3 is 2.77 bits per heavy atom. The number of rotatable bonds is 6. The van der Waals surface area contributed by atoms with Crippen molar-refractivity contribution in [2.24, 2.45) is 0 Å². The summed E-state index contributed by atoms with van der Waals surface area (Å²) in [5.74, 6) is -1.02. The van der Waals surface area contributed by atoms with Crippen LogP contribution in [0.2, 0.25) is 0 Å². The maximum Gasteiger partial charge on any atom is 0.312 e. The van der Waals surface area contributed by atoms with E-state index in [0.29, 0.717) is 16.3 Å². The van der Waals surface area contributed by atoms with E-state index in [1.165, 1.54) is 22.7 Å². The number of benzene rings is 1. The first-order chi connectivity index (χ1) is 12.7. The van der Waals surface area contributed by atoms with E-state index in [1.807, 2.05) is 36.4 Å². The average Bonchev–Trinajstić information content (AvgIpc) is 3.30. The van der Waals surface area contributed by atoms with Crippen LogP contribution in [-0.2, 0) is 20.7 Å². The minimum atomic E-state index is -0.531. The molecule has 0 spiro atoms. The minimum Gasteiger partial charge on any atom is -0.455 e. The van der Waals surface area contributed by atoms with Crippen LogP contribution in [0.1, 0.15) is 11.3 Å². The van der Waals surface area contributed by atoms with Crippen molar-refractivity contribution in [3.05, 3.63) is 58.4 Å². The summed E-state index contributed by atoms with van der Waals surface area (Å²) in [5, 5.41) is 16.2. The molecule has 130 valence electrons. The van der Waals surface area contributed by atoms with Crippen LogP contribution in [0.3, 0.4) is 0 Å². The van der Waals surface area contributed by atoms with Crippen LogP contribution < -0.4 is 5.32 Å². The number of esters is 1. The van der Waals surface area contributed by atoms with Crippen LogP contribution in [0, 0.1) is 11.3 Å². The van der Waals surface area contributed by atoms with Crippen LogP contribution in [-0.4, -0.2) is 23.5 Å². The third-order valence-corrected chi connectivity index (χ3v) is 5.07. The second-order valence-electron chi connectivity index (χ2n) is 5.17. The SMILES string of the molecule is N#Cc1ccsc1NC(=O)COC(=O)Cc1csc(-c2ccccc2)n1. The summed E-state index contributed by atoms with van der Waals surface area (Å²) in [6, 6.07) is 13.3. The first-order valence-corrected chi connectivity index (χ1v) is 9.34. The zero-order valence-electron chi connectivity index (χ0n) is 13.5. The number of anilines is 1. The molecule has 0 atom stereocenters. The van der Waals surface area contributed by atoms with Gasteiger partial charge in [0, 0.05) is 10.9 Å². The number of nitrogens with one attached hydrogen (secondary N) is 1. The molecule has 26 heavy (non-hydrogen) atoms. The van der Waals surface area contributed by atoms with Crippen LogP contribution in [0.25, 0.3) is 10.6 Å². The first-order valence-electron chi connectivity index (χ1n) is 7.58. The van der Waals surface area contributed by atoms with Crippen molar-refractivity contribution in [3.63, 3.8) is 0 Å². The van der Waals surface area contributed by atoms with Gasteiger partial charge in [-0.3, -0.25) is 9.59 Å². The van der Waals surface area contributed by atoms with Gasteiger partial charge in [0.2, 0.25) is 0 Å². The summed E-state index contributed by atoms with van der Waals surface area (Å²) in [4.78, 5) is 28.1. The van der Waals surface area contributed by atoms with Gasteiger partial charge in [-0.1, -0.05) is 30.3 Å². The molecule has 0 radical (unpaired) electrons. The van der Waals surface area contributed by atoms with E-state index in [0.717, 1.165) is 10.6 Å². The van der Waals surface area contributed by atoms with E-state index in [9.17, 15) is 9.59 Å². The lowest BCUT2D eigenvalue weighted by Crippen LogP contribution is -2.21. The van der Waals surface area contributed by atoms with Gasteiger partial charge >= 0.3 is 5.97 Å². The maximum absolute atomic E-state index is 11.9. The van der Waals surface area contributed by atoms with E-state index >= 15 is 0 Å². The Morgan fingerprint density at radius 1 is 1.19 bits per heavy atom. The molecule has 8 heteroatoms. The van der Waals surface area contributed by atoms with Crippen molar-refractivity contribution in [1.82, 2.24) is 4.98 Å². The highest BCUT2D eigenvalue weighted by Gasteiger charge is 2.13. The van der Waals surface area contributed by atoms with E-state index in [-0.39, 0.29) is 6.42 Å². The van der Waals surface area contributed by atoms with E-state index in [4.69, 9.17) is 10.00 Å². The molecule has 0 fully saturated rings. The summed E-state index contributed by atoms with van der Waals surface area (Å²) in [6.07, 6.45) is -0.000931. The molecule has 2 aromatic heterocycles. The normalized spacial score (nSPS) is 10.1. The fourth-order valence-electron chi connectivity index (χ4n) is 2.10. The molecular formula is C18H13N3O3S2. The Hall–Kier alpha value is -3.02. The molecular weight excluding hydrogens is 370 g/mol. The highest BCUT2D eigenvalue weighted by Crippen LogP contribution is 2.24. The van der Waals surface area contributed by atoms with Crippen LogP contribution in [0.4, 0.5) is 5.00 Å². The highest BCUT2D eigenvalue weighted by atomic mass is 32.1. The molecule has 0 unspecified atom stereocenters. The molecule has 3 rings (SSSR count). The average molecular weight is 383 g/mol. The van der Waals surface area contributed by atoms with Gasteiger partial charge in [0.05, 0.1) is 17.7 Å². The van der Waals surface area contributed by atoms with E-state index in [1.54, 1.807) is 16.8 Å². The fraction of sp³-hybridized carbons (Fsp3) is 0.111. The largest absolute Gasteiger partial charge is 0.455 e. The summed E-state index contributed by atoms with van der Waals surface area (Å²) in [6.45, 7) is -0.405. The molecule has 6 nitrogen and oxygen atoms in total. The van der Waals surface area contributed by atoms with Crippen molar-refractivity contribution < 1.29 is 14.3 Å². The number of carbonyl (C=O) groups excluding carboxylic acids is 2. The van der Waals surface area contributed by atoms with Gasteiger partial charge in [0.15, 0.2) is 6.61 Å². The van der Waals surface area contributed by atoms with Gasteiger partial charge in [-0.15, -0.1) is 22.7 Å². The van der Waals surface area contributed by atoms with E-state index < -0.39 is 18.5 Å². The van der Waals surface area contributed by atoms with Gasteiger partial charge in [0.25, 0.3) is 5.91 Å². The lowest BCUT2D eigenvalue weighted by molar-refractivity contribution is -0.146. The number of aromatic nitrogens is 1. The molecule has 0 aliphatic rings. The number of carbonyl (C=O) groups is 2. The molecule has 1 N–H and O–H groups in total. The highest BCUT2D eigenvalue weighted by molar-refractivity contribution is 7.14. The summed E-state index contributed by atoms with van der Waals surface area (Å²) in [7, 11) is 0. The lowest BCUT2D eigenvalue weighted by Gasteiger charge is -2.04. The standard InChI is InChI=1S/C18H13N3O3S2/c19-9-13-6-7-25-18(13)21-15(22)10-24-16(23)8-14-11-26-17(20-14)12-4-2-1-3-5-12/h1-7,11H,8,10H2,(H,21,22). The monoisotopic (exact) mass is 383 g/mol. The first kappa shape index (κ1) is 17.8. The van der Waals surface area contributed by atoms with Crippen LogP contribution >= 0.6 is 22.7 Å². The second-order valence-corrected chi connectivity index (χ2v) is 6.95. The number of thiazole rings is 1. The van der Waals surface area contributed by atoms with Crippen LogP contribution in [0.5, 0.6) is 0 Å². The quantitative estimate of drug-likeness (QED) is 0.658. The molecule has 2 heterocycles. The molecule has 3 aromatic rings. The Bertz CT molecular complexity index is 957. The molecule has 1 aromatic carbocycles. The molecule has 1 amide bonds. The number of nitrogens with zero attached hydrogens (tertiary/aromatic N) is 2.